The van der Waals surface area contributed by atoms with Gasteiger partial charge in [0, 0.05) is 5.02 Å². The van der Waals surface area contributed by atoms with Gasteiger partial charge in [0.15, 0.2) is 0 Å². The summed E-state index contributed by atoms with van der Waals surface area (Å²) in [6, 6.07) is 4.12. The molecule has 0 saturated heterocycles. The summed E-state index contributed by atoms with van der Waals surface area (Å²) < 4.78 is 13.3. The van der Waals surface area contributed by atoms with E-state index < -0.39 is 5.82 Å². The Morgan fingerprint density at radius 1 is 1.67 bits per heavy atom. The summed E-state index contributed by atoms with van der Waals surface area (Å²) in [5.41, 5.74) is 0.141. The van der Waals surface area contributed by atoms with Crippen LogP contribution in [0.4, 0.5) is 10.1 Å². The normalized spacial score (nSPS) is 12.3. The number of benzene rings is 1. The molecule has 0 aromatic heterocycles. The SMILES string of the molecule is CCC(Br)C(=O)Nc1ccc(Cl)cc1F. The predicted molar refractivity (Wildman–Crippen MR) is 63.0 cm³/mol. The molecule has 0 spiro atoms. The second-order valence-electron chi connectivity index (χ2n) is 2.99. The third kappa shape index (κ3) is 3.47. The number of alkyl halides is 1. The van der Waals surface area contributed by atoms with Crippen molar-refractivity contribution in [3.63, 3.8) is 0 Å². The van der Waals surface area contributed by atoms with Crippen LogP contribution in [0, 0.1) is 5.82 Å². The summed E-state index contributed by atoms with van der Waals surface area (Å²) >= 11 is 8.76. The first-order valence-electron chi connectivity index (χ1n) is 4.44. The molecular weight excluding hydrogens is 284 g/mol. The van der Waals surface area contributed by atoms with Crippen molar-refractivity contribution >= 4 is 39.1 Å². The minimum atomic E-state index is -0.536. The van der Waals surface area contributed by atoms with Gasteiger partial charge in [-0.1, -0.05) is 34.5 Å². The molecule has 0 aliphatic carbocycles. The number of hydrogen-bond donors (Lipinski definition) is 1. The molecule has 0 saturated carbocycles. The fourth-order valence-corrected chi connectivity index (χ4v) is 1.26. The van der Waals surface area contributed by atoms with E-state index in [0.29, 0.717) is 11.4 Å². The van der Waals surface area contributed by atoms with Crippen LogP contribution >= 0.6 is 27.5 Å². The summed E-state index contributed by atoms with van der Waals surface area (Å²) in [6.45, 7) is 1.86. The molecule has 5 heteroatoms. The van der Waals surface area contributed by atoms with Crippen molar-refractivity contribution in [1.29, 1.82) is 0 Å². The van der Waals surface area contributed by atoms with Crippen LogP contribution in [0.2, 0.25) is 5.02 Å². The second kappa shape index (κ2) is 5.47. The lowest BCUT2D eigenvalue weighted by Gasteiger charge is -2.09. The number of carbonyl (C=O) groups excluding carboxylic acids is 1. The Morgan fingerprint density at radius 2 is 2.33 bits per heavy atom. The lowest BCUT2D eigenvalue weighted by Crippen LogP contribution is -2.22. The zero-order valence-electron chi connectivity index (χ0n) is 8.06. The number of carbonyl (C=O) groups is 1. The van der Waals surface area contributed by atoms with Gasteiger partial charge in [-0.05, 0) is 24.6 Å². The molecule has 1 rings (SSSR count). The molecule has 1 unspecified atom stereocenters. The molecule has 0 bridgehead atoms. The van der Waals surface area contributed by atoms with E-state index in [1.165, 1.54) is 12.1 Å². The van der Waals surface area contributed by atoms with E-state index in [4.69, 9.17) is 11.6 Å². The van der Waals surface area contributed by atoms with Crippen LogP contribution in [-0.2, 0) is 4.79 Å². The van der Waals surface area contributed by atoms with Crippen LogP contribution in [0.1, 0.15) is 13.3 Å². The van der Waals surface area contributed by atoms with Crippen molar-refractivity contribution in [2.75, 3.05) is 5.32 Å². The number of amides is 1. The van der Waals surface area contributed by atoms with Gasteiger partial charge in [0.05, 0.1) is 10.5 Å². The molecule has 1 atom stereocenters. The van der Waals surface area contributed by atoms with Gasteiger partial charge in [0.2, 0.25) is 5.91 Å². The molecule has 2 nitrogen and oxygen atoms in total. The van der Waals surface area contributed by atoms with Crippen LogP contribution in [0.5, 0.6) is 0 Å². The van der Waals surface area contributed by atoms with Crippen molar-refractivity contribution in [1.82, 2.24) is 0 Å². The van der Waals surface area contributed by atoms with Gasteiger partial charge in [0.1, 0.15) is 5.82 Å². The molecule has 1 aromatic carbocycles. The zero-order chi connectivity index (χ0) is 11.4. The first-order valence-corrected chi connectivity index (χ1v) is 5.74. The fraction of sp³-hybridized carbons (Fsp3) is 0.300. The van der Waals surface area contributed by atoms with E-state index in [1.54, 1.807) is 0 Å². The number of halogens is 3. The van der Waals surface area contributed by atoms with Gasteiger partial charge >= 0.3 is 0 Å². The van der Waals surface area contributed by atoms with E-state index in [9.17, 15) is 9.18 Å². The Morgan fingerprint density at radius 3 is 2.87 bits per heavy atom. The van der Waals surface area contributed by atoms with E-state index in [0.717, 1.165) is 6.07 Å². The van der Waals surface area contributed by atoms with Crippen LogP contribution in [0.15, 0.2) is 18.2 Å². The molecule has 0 fully saturated rings. The summed E-state index contributed by atoms with van der Waals surface area (Å²) in [7, 11) is 0. The van der Waals surface area contributed by atoms with Crippen LogP contribution in [-0.4, -0.2) is 10.7 Å². The highest BCUT2D eigenvalue weighted by atomic mass is 79.9. The molecule has 1 N–H and O–H groups in total. The average molecular weight is 295 g/mol. The predicted octanol–water partition coefficient (Wildman–Crippen LogP) is 3.59. The maximum absolute atomic E-state index is 13.3. The van der Waals surface area contributed by atoms with Crippen LogP contribution < -0.4 is 5.32 Å². The smallest absolute Gasteiger partial charge is 0.238 e. The highest BCUT2D eigenvalue weighted by molar-refractivity contribution is 9.10. The van der Waals surface area contributed by atoms with Crippen LogP contribution in [0.25, 0.3) is 0 Å². The molecule has 15 heavy (non-hydrogen) atoms. The largest absolute Gasteiger partial charge is 0.323 e. The second-order valence-corrected chi connectivity index (χ2v) is 4.53. The van der Waals surface area contributed by atoms with E-state index >= 15 is 0 Å². The molecule has 0 heterocycles. The minimum Gasteiger partial charge on any atom is -0.323 e. The Labute approximate surface area is 101 Å². The van der Waals surface area contributed by atoms with Crippen molar-refractivity contribution in [2.24, 2.45) is 0 Å². The lowest BCUT2D eigenvalue weighted by atomic mass is 10.2. The Hall–Kier alpha value is -0.610. The number of nitrogens with one attached hydrogen (secondary N) is 1. The first-order chi connectivity index (χ1) is 7.04. The zero-order valence-corrected chi connectivity index (χ0v) is 10.4. The molecule has 0 aliphatic rings. The van der Waals surface area contributed by atoms with E-state index in [1.807, 2.05) is 6.92 Å². The maximum Gasteiger partial charge on any atom is 0.238 e. The van der Waals surface area contributed by atoms with Crippen molar-refractivity contribution < 1.29 is 9.18 Å². The van der Waals surface area contributed by atoms with Gasteiger partial charge in [-0.3, -0.25) is 4.79 Å². The standard InChI is InChI=1S/C10H10BrClFNO/c1-2-7(11)10(15)14-9-4-3-6(12)5-8(9)13/h3-5,7H,2H2,1H3,(H,14,15). The fourth-order valence-electron chi connectivity index (χ4n) is 0.987. The van der Waals surface area contributed by atoms with Gasteiger partial charge in [-0.2, -0.15) is 0 Å². The highest BCUT2D eigenvalue weighted by Gasteiger charge is 2.14. The monoisotopic (exact) mass is 293 g/mol. The van der Waals surface area contributed by atoms with Crippen molar-refractivity contribution in [3.05, 3.63) is 29.0 Å². The first kappa shape index (κ1) is 12.5. The lowest BCUT2D eigenvalue weighted by molar-refractivity contribution is -0.115. The summed E-state index contributed by atoms with van der Waals surface area (Å²) in [5, 5.41) is 2.77. The molecule has 0 radical (unpaired) electrons. The highest BCUT2D eigenvalue weighted by Crippen LogP contribution is 2.19. The van der Waals surface area contributed by atoms with Crippen LogP contribution in [0.3, 0.4) is 0 Å². The molecule has 0 aliphatic heterocycles. The number of hydrogen-bond acceptors (Lipinski definition) is 1. The summed E-state index contributed by atoms with van der Waals surface area (Å²) in [4.78, 5) is 11.1. The molecule has 1 aromatic rings. The van der Waals surface area contributed by atoms with Crippen molar-refractivity contribution in [3.8, 4) is 0 Å². The Balaban J connectivity index is 2.77. The van der Waals surface area contributed by atoms with Gasteiger partial charge in [-0.15, -0.1) is 0 Å². The third-order valence-corrected chi connectivity index (χ3v) is 3.13. The molecule has 82 valence electrons. The van der Waals surface area contributed by atoms with E-state index in [-0.39, 0.29) is 16.4 Å². The maximum atomic E-state index is 13.3. The van der Waals surface area contributed by atoms with Crippen molar-refractivity contribution in [2.45, 2.75) is 18.2 Å². The summed E-state index contributed by atoms with van der Waals surface area (Å²) in [6.07, 6.45) is 0.640. The van der Waals surface area contributed by atoms with E-state index in [2.05, 4.69) is 21.2 Å². The van der Waals surface area contributed by atoms with Gasteiger partial charge in [-0.25, -0.2) is 4.39 Å². The summed E-state index contributed by atoms with van der Waals surface area (Å²) in [5.74, 6) is -0.801. The quantitative estimate of drug-likeness (QED) is 0.848. The average Bonchev–Trinajstić information content (AvgIpc) is 2.20. The van der Waals surface area contributed by atoms with Gasteiger partial charge in [0.25, 0.3) is 0 Å². The third-order valence-electron chi connectivity index (χ3n) is 1.83. The molecular formula is C10H10BrClFNO. The van der Waals surface area contributed by atoms with Gasteiger partial charge < -0.3 is 5.32 Å². The Kier molecular flexibility index (Phi) is 4.54. The minimum absolute atomic E-state index is 0.141. The Bertz CT molecular complexity index is 372. The number of rotatable bonds is 3. The molecule has 1 amide bonds. The number of anilines is 1. The topological polar surface area (TPSA) is 29.1 Å².